The standard InChI is InChI=1S/C22H18FN3O3/c1-12-16(17-10-14(23)5-6-18(17)25-12)11-21(27)26-15-4-2-3-13(9-15)19-7-8-20(29-19)22(24)28/h2-10,25H,11H2,1H3,(H2,24,28)(H,26,27). The molecular formula is C22H18FN3O3. The Hall–Kier alpha value is -3.87. The van der Waals surface area contributed by atoms with Gasteiger partial charge in [0.2, 0.25) is 5.91 Å². The van der Waals surface area contributed by atoms with E-state index in [1.54, 1.807) is 36.4 Å². The van der Waals surface area contributed by atoms with Crippen molar-refractivity contribution in [3.05, 3.63) is 77.4 Å². The minimum absolute atomic E-state index is 0.0662. The van der Waals surface area contributed by atoms with Gasteiger partial charge in [0.05, 0.1) is 6.42 Å². The fraction of sp³-hybridized carbons (Fsp3) is 0.0909. The summed E-state index contributed by atoms with van der Waals surface area (Å²) in [5, 5.41) is 3.54. The number of fused-ring (bicyclic) bond motifs is 1. The predicted octanol–water partition coefficient (Wildman–Crippen LogP) is 4.16. The third-order valence-corrected chi connectivity index (χ3v) is 4.70. The first-order valence-corrected chi connectivity index (χ1v) is 8.97. The highest BCUT2D eigenvalue weighted by molar-refractivity contribution is 5.97. The number of hydrogen-bond acceptors (Lipinski definition) is 3. The van der Waals surface area contributed by atoms with Gasteiger partial charge in [-0.1, -0.05) is 12.1 Å². The molecule has 0 bridgehead atoms. The number of halogens is 1. The molecule has 0 atom stereocenters. The van der Waals surface area contributed by atoms with Crippen LogP contribution in [0.2, 0.25) is 0 Å². The Morgan fingerprint density at radius 1 is 1.14 bits per heavy atom. The van der Waals surface area contributed by atoms with Gasteiger partial charge in [0.25, 0.3) is 5.91 Å². The number of benzene rings is 2. The summed E-state index contributed by atoms with van der Waals surface area (Å²) >= 11 is 0. The molecule has 0 radical (unpaired) electrons. The van der Waals surface area contributed by atoms with Gasteiger partial charge in [-0.3, -0.25) is 9.59 Å². The van der Waals surface area contributed by atoms with Crippen LogP contribution in [0, 0.1) is 12.7 Å². The highest BCUT2D eigenvalue weighted by atomic mass is 19.1. The Bertz CT molecular complexity index is 1240. The highest BCUT2D eigenvalue weighted by Gasteiger charge is 2.14. The summed E-state index contributed by atoms with van der Waals surface area (Å²) in [6.07, 6.45) is 0.103. The van der Waals surface area contributed by atoms with Gasteiger partial charge in [0.1, 0.15) is 11.6 Å². The molecule has 29 heavy (non-hydrogen) atoms. The van der Waals surface area contributed by atoms with Gasteiger partial charge in [0.15, 0.2) is 5.76 Å². The molecule has 0 saturated heterocycles. The van der Waals surface area contributed by atoms with E-state index >= 15 is 0 Å². The summed E-state index contributed by atoms with van der Waals surface area (Å²) in [6.45, 7) is 1.86. The van der Waals surface area contributed by atoms with E-state index in [9.17, 15) is 14.0 Å². The normalized spacial score (nSPS) is 11.0. The molecule has 2 aromatic carbocycles. The second kappa shape index (κ2) is 7.27. The molecule has 0 aliphatic carbocycles. The summed E-state index contributed by atoms with van der Waals surface area (Å²) in [5.41, 5.74) is 8.85. The molecule has 0 fully saturated rings. The van der Waals surface area contributed by atoms with E-state index in [0.29, 0.717) is 22.4 Å². The first-order chi connectivity index (χ1) is 13.9. The maximum atomic E-state index is 13.6. The average Bonchev–Trinajstić information content (AvgIpc) is 3.28. The third-order valence-electron chi connectivity index (χ3n) is 4.70. The van der Waals surface area contributed by atoms with Crippen LogP contribution in [0.25, 0.3) is 22.2 Å². The van der Waals surface area contributed by atoms with Crippen LogP contribution in [0.5, 0.6) is 0 Å². The van der Waals surface area contributed by atoms with Crippen LogP contribution in [0.15, 0.2) is 59.0 Å². The Morgan fingerprint density at radius 2 is 1.97 bits per heavy atom. The summed E-state index contributed by atoms with van der Waals surface area (Å²) in [4.78, 5) is 27.0. The van der Waals surface area contributed by atoms with Crippen molar-refractivity contribution < 1.29 is 18.4 Å². The Labute approximate surface area is 165 Å². The fourth-order valence-corrected chi connectivity index (χ4v) is 3.32. The maximum Gasteiger partial charge on any atom is 0.284 e. The molecule has 0 aliphatic heterocycles. The molecule has 4 N–H and O–H groups in total. The zero-order valence-corrected chi connectivity index (χ0v) is 15.6. The number of hydrogen-bond donors (Lipinski definition) is 3. The van der Waals surface area contributed by atoms with Crippen molar-refractivity contribution in [2.45, 2.75) is 13.3 Å². The number of H-pyrrole nitrogens is 1. The molecule has 2 aromatic heterocycles. The van der Waals surface area contributed by atoms with Gasteiger partial charge >= 0.3 is 0 Å². The lowest BCUT2D eigenvalue weighted by atomic mass is 10.1. The third kappa shape index (κ3) is 3.75. The van der Waals surface area contributed by atoms with Crippen LogP contribution < -0.4 is 11.1 Å². The molecule has 2 amide bonds. The van der Waals surface area contributed by atoms with Crippen molar-refractivity contribution in [1.82, 2.24) is 4.98 Å². The summed E-state index contributed by atoms with van der Waals surface area (Å²) in [5.74, 6) is -0.687. The summed E-state index contributed by atoms with van der Waals surface area (Å²) in [6, 6.07) is 14.7. The number of amides is 2. The van der Waals surface area contributed by atoms with Gasteiger partial charge in [0, 0.05) is 27.8 Å². The number of carbonyl (C=O) groups is 2. The van der Waals surface area contributed by atoms with E-state index in [-0.39, 0.29) is 23.9 Å². The SMILES string of the molecule is Cc1[nH]c2ccc(F)cc2c1CC(=O)Nc1cccc(-c2ccc(C(N)=O)o2)c1. The minimum Gasteiger partial charge on any atom is -0.451 e. The number of aromatic amines is 1. The molecule has 0 unspecified atom stereocenters. The lowest BCUT2D eigenvalue weighted by Crippen LogP contribution is -2.14. The van der Waals surface area contributed by atoms with Crippen LogP contribution >= 0.6 is 0 Å². The lowest BCUT2D eigenvalue weighted by Gasteiger charge is -2.07. The highest BCUT2D eigenvalue weighted by Crippen LogP contribution is 2.26. The van der Waals surface area contributed by atoms with E-state index < -0.39 is 5.91 Å². The number of aryl methyl sites for hydroxylation is 1. The van der Waals surface area contributed by atoms with Gasteiger partial charge in [-0.15, -0.1) is 0 Å². The molecule has 0 spiro atoms. The molecule has 4 aromatic rings. The van der Waals surface area contributed by atoms with Gasteiger partial charge in [-0.25, -0.2) is 4.39 Å². The molecule has 0 saturated carbocycles. The Balaban J connectivity index is 1.54. The first kappa shape index (κ1) is 18.5. The lowest BCUT2D eigenvalue weighted by molar-refractivity contribution is -0.115. The van der Waals surface area contributed by atoms with Gasteiger partial charge in [-0.2, -0.15) is 0 Å². The number of aromatic nitrogens is 1. The monoisotopic (exact) mass is 391 g/mol. The van der Waals surface area contributed by atoms with E-state index in [1.165, 1.54) is 18.2 Å². The first-order valence-electron chi connectivity index (χ1n) is 8.97. The molecule has 146 valence electrons. The summed E-state index contributed by atoms with van der Waals surface area (Å²) in [7, 11) is 0. The fourth-order valence-electron chi connectivity index (χ4n) is 3.32. The van der Waals surface area contributed by atoms with Crippen molar-refractivity contribution >= 4 is 28.4 Å². The number of carbonyl (C=O) groups excluding carboxylic acids is 2. The topological polar surface area (TPSA) is 101 Å². The van der Waals surface area contributed by atoms with E-state index in [0.717, 1.165) is 16.8 Å². The zero-order valence-electron chi connectivity index (χ0n) is 15.6. The van der Waals surface area contributed by atoms with Crippen LogP contribution in [-0.4, -0.2) is 16.8 Å². The van der Waals surface area contributed by atoms with Gasteiger partial charge < -0.3 is 20.5 Å². The molecular weight excluding hydrogens is 373 g/mol. The number of rotatable bonds is 5. The van der Waals surface area contributed by atoms with E-state index in [4.69, 9.17) is 10.2 Å². The Kier molecular flexibility index (Phi) is 4.64. The number of furan rings is 1. The number of nitrogens with two attached hydrogens (primary N) is 1. The predicted molar refractivity (Wildman–Crippen MR) is 108 cm³/mol. The smallest absolute Gasteiger partial charge is 0.284 e. The molecule has 2 heterocycles. The largest absolute Gasteiger partial charge is 0.451 e. The molecule has 0 aliphatic rings. The second-order valence-corrected chi connectivity index (χ2v) is 6.75. The van der Waals surface area contributed by atoms with Crippen molar-refractivity contribution in [2.24, 2.45) is 5.73 Å². The Morgan fingerprint density at radius 3 is 2.72 bits per heavy atom. The van der Waals surface area contributed by atoms with Crippen LogP contribution in [0.3, 0.4) is 0 Å². The number of anilines is 1. The number of nitrogens with one attached hydrogen (secondary N) is 2. The molecule has 6 nitrogen and oxygen atoms in total. The minimum atomic E-state index is -0.647. The zero-order chi connectivity index (χ0) is 20.5. The van der Waals surface area contributed by atoms with Crippen molar-refractivity contribution in [1.29, 1.82) is 0 Å². The maximum absolute atomic E-state index is 13.6. The van der Waals surface area contributed by atoms with Gasteiger partial charge in [-0.05, 0) is 55.0 Å². The van der Waals surface area contributed by atoms with Crippen LogP contribution in [0.1, 0.15) is 21.8 Å². The number of primary amides is 1. The van der Waals surface area contributed by atoms with E-state index in [2.05, 4.69) is 10.3 Å². The quantitative estimate of drug-likeness (QED) is 0.476. The molecule has 7 heteroatoms. The van der Waals surface area contributed by atoms with Crippen LogP contribution in [-0.2, 0) is 11.2 Å². The average molecular weight is 391 g/mol. The van der Waals surface area contributed by atoms with Crippen molar-refractivity contribution in [3.8, 4) is 11.3 Å². The van der Waals surface area contributed by atoms with Crippen molar-refractivity contribution in [3.63, 3.8) is 0 Å². The summed E-state index contributed by atoms with van der Waals surface area (Å²) < 4.78 is 19.0. The van der Waals surface area contributed by atoms with Crippen molar-refractivity contribution in [2.75, 3.05) is 5.32 Å². The second-order valence-electron chi connectivity index (χ2n) is 6.75. The molecule has 4 rings (SSSR count). The van der Waals surface area contributed by atoms with Crippen LogP contribution in [0.4, 0.5) is 10.1 Å². The van der Waals surface area contributed by atoms with E-state index in [1.807, 2.05) is 6.92 Å².